The molecule has 1 aromatic rings. The maximum absolute atomic E-state index is 12.2. The van der Waals surface area contributed by atoms with Crippen molar-refractivity contribution in [2.75, 3.05) is 6.61 Å². The number of rotatable bonds is 6. The molecule has 0 unspecified atom stereocenters. The van der Waals surface area contributed by atoms with Crippen molar-refractivity contribution in [3.05, 3.63) is 35.9 Å². The standard InChI is InChI=1S/C13H15Br2NO3/c1-2-19-12(18)10(11(17)13(14,15)16)8-9-6-4-3-5-7-9/h3-7,10H,2,8,16H2,1H3/t10-/m0/s1. The van der Waals surface area contributed by atoms with Crippen molar-refractivity contribution in [1.29, 1.82) is 0 Å². The third-order valence-electron chi connectivity index (χ3n) is 2.50. The Balaban J connectivity index is 2.93. The lowest BCUT2D eigenvalue weighted by Gasteiger charge is -2.20. The van der Waals surface area contributed by atoms with Gasteiger partial charge in [0.15, 0.2) is 9.14 Å². The lowest BCUT2D eigenvalue weighted by atomic mass is 9.95. The Labute approximate surface area is 128 Å². The molecule has 0 aliphatic heterocycles. The summed E-state index contributed by atoms with van der Waals surface area (Å²) in [6, 6.07) is 9.26. The van der Waals surface area contributed by atoms with Crippen molar-refractivity contribution in [3.8, 4) is 0 Å². The van der Waals surface area contributed by atoms with Crippen LogP contribution in [0.4, 0.5) is 0 Å². The Morgan fingerprint density at radius 1 is 1.32 bits per heavy atom. The van der Waals surface area contributed by atoms with Gasteiger partial charge < -0.3 is 10.5 Å². The zero-order chi connectivity index (χ0) is 14.5. The second-order valence-electron chi connectivity index (χ2n) is 3.98. The van der Waals surface area contributed by atoms with Crippen LogP contribution in [0.15, 0.2) is 30.3 Å². The largest absolute Gasteiger partial charge is 0.465 e. The van der Waals surface area contributed by atoms with Gasteiger partial charge in [-0.15, -0.1) is 0 Å². The molecule has 0 aliphatic carbocycles. The smallest absolute Gasteiger partial charge is 0.316 e. The summed E-state index contributed by atoms with van der Waals surface area (Å²) in [7, 11) is 0. The topological polar surface area (TPSA) is 69.4 Å². The average molecular weight is 393 g/mol. The molecule has 19 heavy (non-hydrogen) atoms. The summed E-state index contributed by atoms with van der Waals surface area (Å²) in [4.78, 5) is 24.1. The van der Waals surface area contributed by atoms with Crippen molar-refractivity contribution >= 4 is 43.6 Å². The Morgan fingerprint density at radius 3 is 2.37 bits per heavy atom. The fourth-order valence-electron chi connectivity index (χ4n) is 1.61. The Bertz CT molecular complexity index is 443. The summed E-state index contributed by atoms with van der Waals surface area (Å²) >= 11 is 6.03. The van der Waals surface area contributed by atoms with Gasteiger partial charge in [-0.1, -0.05) is 30.3 Å². The number of alkyl halides is 2. The molecular formula is C13H15Br2NO3. The van der Waals surface area contributed by atoms with Gasteiger partial charge >= 0.3 is 5.97 Å². The molecule has 0 saturated carbocycles. The van der Waals surface area contributed by atoms with Crippen molar-refractivity contribution in [2.24, 2.45) is 11.7 Å². The van der Waals surface area contributed by atoms with E-state index in [4.69, 9.17) is 10.5 Å². The van der Waals surface area contributed by atoms with Crippen LogP contribution < -0.4 is 5.73 Å². The molecule has 0 aromatic heterocycles. The number of carbonyl (C=O) groups is 2. The minimum absolute atomic E-state index is 0.222. The lowest BCUT2D eigenvalue weighted by Crippen LogP contribution is -2.43. The van der Waals surface area contributed by atoms with Gasteiger partial charge in [0.05, 0.1) is 6.61 Å². The first-order valence-corrected chi connectivity index (χ1v) is 7.36. The Morgan fingerprint density at radius 2 is 1.89 bits per heavy atom. The molecule has 0 radical (unpaired) electrons. The maximum Gasteiger partial charge on any atom is 0.316 e. The highest BCUT2D eigenvalue weighted by atomic mass is 79.9. The highest BCUT2D eigenvalue weighted by molar-refractivity contribution is 9.25. The molecule has 0 fully saturated rings. The number of hydrogen-bond acceptors (Lipinski definition) is 4. The van der Waals surface area contributed by atoms with E-state index in [2.05, 4.69) is 31.9 Å². The Kier molecular flexibility index (Phi) is 6.16. The molecule has 0 heterocycles. The lowest BCUT2D eigenvalue weighted by molar-refractivity contribution is -0.151. The van der Waals surface area contributed by atoms with Gasteiger partial charge in [-0.2, -0.15) is 0 Å². The van der Waals surface area contributed by atoms with Gasteiger partial charge in [-0.05, 0) is 50.8 Å². The minimum Gasteiger partial charge on any atom is -0.465 e. The number of Topliss-reactive ketones (excluding diaryl/α,β-unsaturated/α-hetero) is 1. The normalized spacial score (nSPS) is 12.8. The molecule has 0 amide bonds. The zero-order valence-corrected chi connectivity index (χ0v) is 13.6. The zero-order valence-electron chi connectivity index (χ0n) is 10.4. The molecule has 4 nitrogen and oxygen atoms in total. The molecule has 0 saturated heterocycles. The first-order chi connectivity index (χ1) is 8.86. The van der Waals surface area contributed by atoms with E-state index in [0.29, 0.717) is 0 Å². The van der Waals surface area contributed by atoms with E-state index in [1.807, 2.05) is 30.3 Å². The summed E-state index contributed by atoms with van der Waals surface area (Å²) in [5, 5.41) is 0. The van der Waals surface area contributed by atoms with Crippen LogP contribution in [0, 0.1) is 5.92 Å². The third-order valence-corrected chi connectivity index (χ3v) is 3.28. The van der Waals surface area contributed by atoms with E-state index in [0.717, 1.165) is 5.56 Å². The monoisotopic (exact) mass is 391 g/mol. The molecule has 0 aliphatic rings. The summed E-state index contributed by atoms with van der Waals surface area (Å²) in [5.41, 5.74) is 6.52. The van der Waals surface area contributed by atoms with E-state index >= 15 is 0 Å². The number of benzene rings is 1. The molecule has 1 aromatic carbocycles. The number of esters is 1. The maximum atomic E-state index is 12.2. The minimum atomic E-state index is -1.42. The van der Waals surface area contributed by atoms with Crippen molar-refractivity contribution in [2.45, 2.75) is 16.7 Å². The number of halogens is 2. The van der Waals surface area contributed by atoms with Crippen LogP contribution in [0.2, 0.25) is 0 Å². The van der Waals surface area contributed by atoms with E-state index in [1.54, 1.807) is 6.92 Å². The summed E-state index contributed by atoms with van der Waals surface area (Å²) in [6.45, 7) is 1.92. The Hall–Kier alpha value is -0.720. The molecular weight excluding hydrogens is 378 g/mol. The van der Waals surface area contributed by atoms with Crippen molar-refractivity contribution in [1.82, 2.24) is 0 Å². The predicted octanol–water partition coefficient (Wildman–Crippen LogP) is 2.38. The summed E-state index contributed by atoms with van der Waals surface area (Å²) in [5.74, 6) is -1.97. The van der Waals surface area contributed by atoms with Crippen LogP contribution in [-0.4, -0.2) is 21.7 Å². The second kappa shape index (κ2) is 7.17. The second-order valence-corrected chi connectivity index (χ2v) is 7.55. The number of carbonyl (C=O) groups excluding carboxylic acids is 2. The number of nitrogens with two attached hydrogens (primary N) is 1. The average Bonchev–Trinajstić information content (AvgIpc) is 2.35. The van der Waals surface area contributed by atoms with Gasteiger partial charge in [0.2, 0.25) is 0 Å². The first kappa shape index (κ1) is 16.3. The number of ether oxygens (including phenoxy) is 1. The third kappa shape index (κ3) is 5.04. The van der Waals surface area contributed by atoms with Crippen LogP contribution in [0.3, 0.4) is 0 Å². The predicted molar refractivity (Wildman–Crippen MR) is 80.0 cm³/mol. The van der Waals surface area contributed by atoms with Crippen LogP contribution in [0.1, 0.15) is 12.5 Å². The first-order valence-electron chi connectivity index (χ1n) is 5.77. The van der Waals surface area contributed by atoms with Gasteiger partial charge in [-0.25, -0.2) is 0 Å². The fourth-order valence-corrected chi connectivity index (χ4v) is 2.16. The quantitative estimate of drug-likeness (QED) is 0.349. The van der Waals surface area contributed by atoms with Gasteiger partial charge in [0.25, 0.3) is 0 Å². The van der Waals surface area contributed by atoms with Crippen LogP contribution in [0.5, 0.6) is 0 Å². The molecule has 1 rings (SSSR count). The fraction of sp³-hybridized carbons (Fsp3) is 0.385. The number of hydrogen-bond donors (Lipinski definition) is 1. The van der Waals surface area contributed by atoms with E-state index in [-0.39, 0.29) is 13.0 Å². The van der Waals surface area contributed by atoms with Gasteiger partial charge in [-0.3, -0.25) is 9.59 Å². The molecule has 2 N–H and O–H groups in total. The highest BCUT2D eigenvalue weighted by Gasteiger charge is 2.38. The van der Waals surface area contributed by atoms with Crippen molar-refractivity contribution in [3.63, 3.8) is 0 Å². The molecule has 104 valence electrons. The molecule has 1 atom stereocenters. The van der Waals surface area contributed by atoms with E-state index < -0.39 is 21.0 Å². The summed E-state index contributed by atoms with van der Waals surface area (Å²) in [6.07, 6.45) is 0.259. The van der Waals surface area contributed by atoms with Crippen LogP contribution in [-0.2, 0) is 20.7 Å². The number of ketones is 1. The van der Waals surface area contributed by atoms with Gasteiger partial charge in [0, 0.05) is 0 Å². The molecule has 0 bridgehead atoms. The van der Waals surface area contributed by atoms with Crippen LogP contribution >= 0.6 is 31.9 Å². The van der Waals surface area contributed by atoms with Gasteiger partial charge in [0.1, 0.15) is 5.92 Å². The van der Waals surface area contributed by atoms with E-state index in [1.165, 1.54) is 0 Å². The highest BCUT2D eigenvalue weighted by Crippen LogP contribution is 2.26. The molecule has 0 spiro atoms. The van der Waals surface area contributed by atoms with E-state index in [9.17, 15) is 9.59 Å². The molecule has 6 heteroatoms. The summed E-state index contributed by atoms with van der Waals surface area (Å²) < 4.78 is 3.51. The van der Waals surface area contributed by atoms with Crippen LogP contribution in [0.25, 0.3) is 0 Å². The SMILES string of the molecule is CCOC(=O)[C@@H](Cc1ccccc1)C(=O)C(N)(Br)Br. The van der Waals surface area contributed by atoms with Crippen molar-refractivity contribution < 1.29 is 14.3 Å².